The van der Waals surface area contributed by atoms with Crippen LogP contribution in [-0.2, 0) is 5.41 Å². The second-order valence-electron chi connectivity index (χ2n) is 5.27. The van der Waals surface area contributed by atoms with Gasteiger partial charge in [0, 0.05) is 5.56 Å². The van der Waals surface area contributed by atoms with E-state index >= 15 is 0 Å². The summed E-state index contributed by atoms with van der Waals surface area (Å²) in [6.07, 6.45) is 2.90. The maximum absolute atomic E-state index is 14.1. The molecule has 0 amide bonds. The number of hydrogen-bond acceptors (Lipinski definition) is 3. The van der Waals surface area contributed by atoms with Gasteiger partial charge in [-0.1, -0.05) is 26.8 Å². The van der Waals surface area contributed by atoms with E-state index in [0.717, 1.165) is 5.56 Å². The van der Waals surface area contributed by atoms with Crippen LogP contribution >= 0.6 is 0 Å². The number of hydrogen-bond donors (Lipinski definition) is 1. The van der Waals surface area contributed by atoms with E-state index in [0.29, 0.717) is 17.1 Å². The van der Waals surface area contributed by atoms with Crippen LogP contribution in [0.1, 0.15) is 26.3 Å². The van der Waals surface area contributed by atoms with Crippen molar-refractivity contribution in [3.8, 4) is 11.3 Å². The molecule has 0 aliphatic rings. The van der Waals surface area contributed by atoms with Crippen LogP contribution in [0.3, 0.4) is 0 Å². The van der Waals surface area contributed by atoms with Crippen molar-refractivity contribution in [2.45, 2.75) is 26.2 Å². The second-order valence-corrected chi connectivity index (χ2v) is 5.27. The zero-order valence-corrected chi connectivity index (χ0v) is 10.7. The maximum atomic E-state index is 14.1. The summed E-state index contributed by atoms with van der Waals surface area (Å²) in [6.45, 7) is 6.14. The molecule has 0 saturated carbocycles. The summed E-state index contributed by atoms with van der Waals surface area (Å²) < 4.78 is 14.1. The lowest BCUT2D eigenvalue weighted by atomic mass is 9.86. The predicted octanol–water partition coefficient (Wildman–Crippen LogP) is 3.16. The molecule has 2 rings (SSSR count). The fourth-order valence-electron chi connectivity index (χ4n) is 1.67. The van der Waals surface area contributed by atoms with Gasteiger partial charge in [0.25, 0.3) is 0 Å². The molecule has 94 valence electrons. The number of anilines is 1. The topological polar surface area (TPSA) is 51.8 Å². The van der Waals surface area contributed by atoms with Crippen molar-refractivity contribution in [2.75, 3.05) is 5.73 Å². The largest absolute Gasteiger partial charge is 0.382 e. The molecule has 0 bridgehead atoms. The van der Waals surface area contributed by atoms with Crippen molar-refractivity contribution in [2.24, 2.45) is 0 Å². The summed E-state index contributed by atoms with van der Waals surface area (Å²) in [7, 11) is 0. The Morgan fingerprint density at radius 3 is 2.33 bits per heavy atom. The first kappa shape index (κ1) is 12.5. The molecule has 0 aliphatic heterocycles. The first-order valence-corrected chi connectivity index (χ1v) is 5.76. The average Bonchev–Trinajstić information content (AvgIpc) is 2.29. The van der Waals surface area contributed by atoms with Crippen molar-refractivity contribution in [3.63, 3.8) is 0 Å². The minimum absolute atomic E-state index is 0.0772. The molecule has 0 saturated heterocycles. The molecule has 2 N–H and O–H groups in total. The fraction of sp³-hybridized carbons (Fsp3) is 0.286. The zero-order valence-electron chi connectivity index (χ0n) is 10.7. The molecule has 0 fully saturated rings. The van der Waals surface area contributed by atoms with Gasteiger partial charge < -0.3 is 5.73 Å². The van der Waals surface area contributed by atoms with Crippen LogP contribution in [0.5, 0.6) is 0 Å². The molecule has 1 aromatic carbocycles. The molecule has 4 heteroatoms. The highest BCUT2D eigenvalue weighted by Gasteiger charge is 2.16. The monoisotopic (exact) mass is 245 g/mol. The van der Waals surface area contributed by atoms with Gasteiger partial charge in [0.1, 0.15) is 11.6 Å². The van der Waals surface area contributed by atoms with Crippen LogP contribution in [0.2, 0.25) is 0 Å². The summed E-state index contributed by atoms with van der Waals surface area (Å²) >= 11 is 0. The van der Waals surface area contributed by atoms with Crippen molar-refractivity contribution >= 4 is 5.82 Å². The number of rotatable bonds is 1. The van der Waals surface area contributed by atoms with E-state index in [4.69, 9.17) is 5.73 Å². The molecule has 1 heterocycles. The lowest BCUT2D eigenvalue weighted by molar-refractivity contribution is 0.573. The highest BCUT2D eigenvalue weighted by molar-refractivity contribution is 5.60. The standard InChI is InChI=1S/C14H16FN3/c1-14(2,3)9-4-5-10(11(15)6-9)12-7-18-13(16)8-17-12/h4-8H,1-3H3,(H2,16,18). The Hall–Kier alpha value is -1.97. The molecule has 0 atom stereocenters. The Balaban J connectivity index is 2.45. The third-order valence-electron chi connectivity index (χ3n) is 2.78. The van der Waals surface area contributed by atoms with Crippen LogP contribution in [0.15, 0.2) is 30.6 Å². The normalized spacial score (nSPS) is 11.6. The third kappa shape index (κ3) is 2.47. The van der Waals surface area contributed by atoms with Crippen LogP contribution in [-0.4, -0.2) is 9.97 Å². The lowest BCUT2D eigenvalue weighted by Crippen LogP contribution is -2.11. The van der Waals surface area contributed by atoms with Gasteiger partial charge in [-0.2, -0.15) is 0 Å². The zero-order chi connectivity index (χ0) is 13.3. The molecule has 18 heavy (non-hydrogen) atoms. The van der Waals surface area contributed by atoms with E-state index < -0.39 is 0 Å². The minimum Gasteiger partial charge on any atom is -0.382 e. The molecule has 0 aliphatic carbocycles. The average molecular weight is 245 g/mol. The van der Waals surface area contributed by atoms with Crippen molar-refractivity contribution in [1.82, 2.24) is 9.97 Å². The number of nitrogen functional groups attached to an aromatic ring is 1. The van der Waals surface area contributed by atoms with E-state index in [1.165, 1.54) is 12.4 Å². The smallest absolute Gasteiger partial charge is 0.141 e. The molecule has 0 unspecified atom stereocenters. The van der Waals surface area contributed by atoms with Crippen LogP contribution < -0.4 is 5.73 Å². The first-order chi connectivity index (χ1) is 8.38. The number of benzene rings is 1. The summed E-state index contributed by atoms with van der Waals surface area (Å²) in [4.78, 5) is 7.99. The predicted molar refractivity (Wildman–Crippen MR) is 70.5 cm³/mol. The van der Waals surface area contributed by atoms with Crippen molar-refractivity contribution in [1.29, 1.82) is 0 Å². The van der Waals surface area contributed by atoms with Crippen molar-refractivity contribution in [3.05, 3.63) is 42.0 Å². The number of halogens is 1. The highest BCUT2D eigenvalue weighted by atomic mass is 19.1. The van der Waals surface area contributed by atoms with E-state index in [1.54, 1.807) is 12.1 Å². The Labute approximate surface area is 106 Å². The molecule has 1 aromatic heterocycles. The highest BCUT2D eigenvalue weighted by Crippen LogP contribution is 2.27. The third-order valence-corrected chi connectivity index (χ3v) is 2.78. The Morgan fingerprint density at radius 2 is 1.83 bits per heavy atom. The summed E-state index contributed by atoms with van der Waals surface area (Å²) in [5, 5.41) is 0. The van der Waals surface area contributed by atoms with Gasteiger partial charge in [0.05, 0.1) is 18.1 Å². The number of nitrogens with zero attached hydrogens (tertiary/aromatic N) is 2. The number of nitrogens with two attached hydrogens (primary N) is 1. The molecular weight excluding hydrogens is 229 g/mol. The van der Waals surface area contributed by atoms with Gasteiger partial charge in [-0.15, -0.1) is 0 Å². The van der Waals surface area contributed by atoms with Gasteiger partial charge >= 0.3 is 0 Å². The second kappa shape index (κ2) is 4.37. The molecule has 3 nitrogen and oxygen atoms in total. The molecular formula is C14H16FN3. The molecule has 0 radical (unpaired) electrons. The SMILES string of the molecule is CC(C)(C)c1ccc(-c2cnc(N)cn2)c(F)c1. The fourth-order valence-corrected chi connectivity index (χ4v) is 1.67. The molecule has 0 spiro atoms. The number of aromatic nitrogens is 2. The van der Waals surface area contributed by atoms with Crippen LogP contribution in [0.25, 0.3) is 11.3 Å². The van der Waals surface area contributed by atoms with E-state index in [2.05, 4.69) is 9.97 Å². The summed E-state index contributed by atoms with van der Waals surface area (Å²) in [5.74, 6) is 0.0342. The van der Waals surface area contributed by atoms with Crippen LogP contribution in [0.4, 0.5) is 10.2 Å². The lowest BCUT2D eigenvalue weighted by Gasteiger charge is -2.19. The van der Waals surface area contributed by atoms with Gasteiger partial charge in [-0.3, -0.25) is 4.98 Å². The van der Waals surface area contributed by atoms with Gasteiger partial charge in [0.2, 0.25) is 0 Å². The minimum atomic E-state index is -0.290. The summed E-state index contributed by atoms with van der Waals surface area (Å²) in [5.41, 5.74) is 7.26. The maximum Gasteiger partial charge on any atom is 0.141 e. The van der Waals surface area contributed by atoms with Gasteiger partial charge in [0.15, 0.2) is 0 Å². The van der Waals surface area contributed by atoms with E-state index in [1.807, 2.05) is 26.8 Å². The Morgan fingerprint density at radius 1 is 1.11 bits per heavy atom. The summed E-state index contributed by atoms with van der Waals surface area (Å²) in [6, 6.07) is 5.19. The van der Waals surface area contributed by atoms with Crippen molar-refractivity contribution < 1.29 is 4.39 Å². The van der Waals surface area contributed by atoms with Gasteiger partial charge in [-0.05, 0) is 23.1 Å². The Bertz CT molecular complexity index is 556. The Kier molecular flexibility index (Phi) is 3.03. The quantitative estimate of drug-likeness (QED) is 0.839. The van der Waals surface area contributed by atoms with E-state index in [-0.39, 0.29) is 11.2 Å². The first-order valence-electron chi connectivity index (χ1n) is 5.76. The van der Waals surface area contributed by atoms with E-state index in [9.17, 15) is 4.39 Å². The van der Waals surface area contributed by atoms with Gasteiger partial charge in [-0.25, -0.2) is 9.37 Å². The van der Waals surface area contributed by atoms with Crippen LogP contribution in [0, 0.1) is 5.82 Å². The molecule has 2 aromatic rings.